The summed E-state index contributed by atoms with van der Waals surface area (Å²) in [5.74, 6) is -1.77. The third kappa shape index (κ3) is 7.30. The van der Waals surface area contributed by atoms with Gasteiger partial charge in [-0.25, -0.2) is 4.79 Å². The minimum atomic E-state index is -0.833. The van der Waals surface area contributed by atoms with Crippen molar-refractivity contribution in [3.05, 3.63) is 80.4 Å². The molecular formula is C26H26ClFN4O6S. The Morgan fingerprint density at radius 1 is 1.13 bits per heavy atom. The van der Waals surface area contributed by atoms with Gasteiger partial charge in [0.05, 0.1) is 40.2 Å². The van der Waals surface area contributed by atoms with Crippen LogP contribution in [0.2, 0.25) is 4.34 Å². The Bertz CT molecular complexity index is 1380. The molecule has 0 radical (unpaired) electrons. The van der Waals surface area contributed by atoms with Crippen LogP contribution in [0.4, 0.5) is 10.2 Å². The second-order valence-electron chi connectivity index (χ2n) is 8.63. The first kappa shape index (κ1) is 28.4. The minimum Gasteiger partial charge on any atom is -0.464 e. The molecule has 1 aromatic carbocycles. The topological polar surface area (TPSA) is 110 Å². The Hall–Kier alpha value is -3.58. The first-order valence-corrected chi connectivity index (χ1v) is 13.3. The SMILES string of the molecule is CCOC(=O)CO[C@H]1CN(CC(=O)N(F)c2ccc(-n3ccccc3=O)cc2)C[C@@H]1NC(=O)c1ccc(Cl)s1. The molecule has 1 fully saturated rings. The number of hydrogen-bond donors (Lipinski definition) is 1. The van der Waals surface area contributed by atoms with Crippen molar-refractivity contribution in [2.24, 2.45) is 0 Å². The molecule has 1 N–H and O–H groups in total. The molecular weight excluding hydrogens is 551 g/mol. The zero-order valence-electron chi connectivity index (χ0n) is 20.9. The molecule has 0 unspecified atom stereocenters. The van der Waals surface area contributed by atoms with Crippen molar-refractivity contribution in [3.63, 3.8) is 0 Å². The van der Waals surface area contributed by atoms with E-state index in [2.05, 4.69) is 5.32 Å². The maximum absolute atomic E-state index is 15.0. The fraction of sp³-hybridized carbons (Fsp3) is 0.308. The number of carbonyl (C=O) groups is 3. The first-order valence-electron chi connectivity index (χ1n) is 12.1. The maximum Gasteiger partial charge on any atom is 0.332 e. The summed E-state index contributed by atoms with van der Waals surface area (Å²) in [4.78, 5) is 51.3. The average Bonchev–Trinajstić information content (AvgIpc) is 3.53. The molecule has 1 saturated heterocycles. The summed E-state index contributed by atoms with van der Waals surface area (Å²) in [7, 11) is 0. The van der Waals surface area contributed by atoms with E-state index in [0.717, 1.165) is 11.3 Å². The van der Waals surface area contributed by atoms with E-state index in [0.29, 0.717) is 14.9 Å². The lowest BCUT2D eigenvalue weighted by Gasteiger charge is -2.19. The van der Waals surface area contributed by atoms with Crippen LogP contribution in [-0.4, -0.2) is 72.2 Å². The largest absolute Gasteiger partial charge is 0.464 e. The second kappa shape index (κ2) is 13.0. The summed E-state index contributed by atoms with van der Waals surface area (Å²) < 4.78 is 27.4. The number of benzene rings is 1. The lowest BCUT2D eigenvalue weighted by molar-refractivity contribution is -0.150. The second-order valence-corrected chi connectivity index (χ2v) is 10.3. The smallest absolute Gasteiger partial charge is 0.332 e. The van der Waals surface area contributed by atoms with Gasteiger partial charge in [0, 0.05) is 31.0 Å². The normalized spacial score (nSPS) is 17.1. The van der Waals surface area contributed by atoms with E-state index in [9.17, 15) is 23.7 Å². The lowest BCUT2D eigenvalue weighted by Crippen LogP contribution is -2.44. The van der Waals surface area contributed by atoms with E-state index < -0.39 is 24.0 Å². The predicted molar refractivity (Wildman–Crippen MR) is 144 cm³/mol. The van der Waals surface area contributed by atoms with Crippen LogP contribution in [0.1, 0.15) is 16.6 Å². The van der Waals surface area contributed by atoms with Crippen LogP contribution in [0, 0.1) is 0 Å². The summed E-state index contributed by atoms with van der Waals surface area (Å²) in [5.41, 5.74) is 0.287. The van der Waals surface area contributed by atoms with E-state index in [-0.39, 0.29) is 55.1 Å². The number of nitrogens with zero attached hydrogens (tertiary/aromatic N) is 3. The number of thiophene rings is 1. The summed E-state index contributed by atoms with van der Waals surface area (Å²) in [6.45, 7) is 1.60. The highest BCUT2D eigenvalue weighted by molar-refractivity contribution is 7.18. The maximum atomic E-state index is 15.0. The molecule has 0 bridgehead atoms. The van der Waals surface area contributed by atoms with Crippen LogP contribution in [0.25, 0.3) is 5.69 Å². The third-order valence-electron chi connectivity index (χ3n) is 5.93. The molecule has 39 heavy (non-hydrogen) atoms. The predicted octanol–water partition coefficient (Wildman–Crippen LogP) is 2.83. The van der Waals surface area contributed by atoms with Crippen LogP contribution in [-0.2, 0) is 19.1 Å². The van der Waals surface area contributed by atoms with Gasteiger partial charge < -0.3 is 14.8 Å². The number of hydrogen-bond acceptors (Lipinski definition) is 8. The molecule has 0 saturated carbocycles. The van der Waals surface area contributed by atoms with Gasteiger partial charge in [-0.1, -0.05) is 22.1 Å². The Labute approximate surface area is 232 Å². The third-order valence-corrected chi connectivity index (χ3v) is 7.16. The Balaban J connectivity index is 1.40. The van der Waals surface area contributed by atoms with Crippen molar-refractivity contribution in [1.82, 2.24) is 14.8 Å². The Kier molecular flexibility index (Phi) is 9.46. The van der Waals surface area contributed by atoms with Crippen LogP contribution < -0.4 is 16.0 Å². The van der Waals surface area contributed by atoms with Crippen molar-refractivity contribution in [1.29, 1.82) is 0 Å². The number of esters is 1. The summed E-state index contributed by atoms with van der Waals surface area (Å²) >= 11 is 7.05. The van der Waals surface area contributed by atoms with Gasteiger partial charge in [0.2, 0.25) is 0 Å². The lowest BCUT2D eigenvalue weighted by atomic mass is 10.2. The van der Waals surface area contributed by atoms with Crippen molar-refractivity contribution in [2.75, 3.05) is 38.0 Å². The molecule has 4 rings (SSSR count). The molecule has 2 amide bonds. The zero-order valence-corrected chi connectivity index (χ0v) is 22.5. The fourth-order valence-electron chi connectivity index (χ4n) is 4.12. The standard InChI is InChI=1S/C26H26ClFN4O6S/c1-2-37-25(35)16-38-20-14-30(13-19(20)29-26(36)21-10-11-22(27)39-21)15-24(34)32(28)18-8-6-17(7-9-18)31-12-4-3-5-23(31)33/h3-12,19-20H,2,13-16H2,1H3,(H,29,36)/t19-,20-/m0/s1. The number of nitrogens with one attached hydrogen (secondary N) is 1. The van der Waals surface area contributed by atoms with Gasteiger partial charge in [0.25, 0.3) is 17.4 Å². The Morgan fingerprint density at radius 2 is 1.90 bits per heavy atom. The van der Waals surface area contributed by atoms with Crippen LogP contribution in [0.5, 0.6) is 0 Å². The van der Waals surface area contributed by atoms with E-state index in [1.54, 1.807) is 42.3 Å². The quantitative estimate of drug-likeness (QED) is 0.292. The molecule has 2 atom stereocenters. The molecule has 2 aromatic heterocycles. The first-order chi connectivity index (χ1) is 18.7. The number of carbonyl (C=O) groups excluding carboxylic acids is 3. The summed E-state index contributed by atoms with van der Waals surface area (Å²) in [6, 6.07) is 13.2. The molecule has 10 nitrogen and oxygen atoms in total. The minimum absolute atomic E-state index is 0.00136. The highest BCUT2D eigenvalue weighted by atomic mass is 35.5. The van der Waals surface area contributed by atoms with E-state index >= 15 is 0 Å². The average molecular weight is 577 g/mol. The molecule has 13 heteroatoms. The summed E-state index contributed by atoms with van der Waals surface area (Å²) in [5, 5.41) is 2.89. The summed E-state index contributed by atoms with van der Waals surface area (Å²) in [6.07, 6.45) is 0.948. The number of likely N-dealkylation sites (tertiary alicyclic amines) is 1. The van der Waals surface area contributed by atoms with Gasteiger partial charge in [0.1, 0.15) is 6.61 Å². The zero-order chi connectivity index (χ0) is 27.9. The van der Waals surface area contributed by atoms with E-state index in [1.807, 2.05) is 0 Å². The molecule has 3 heterocycles. The van der Waals surface area contributed by atoms with E-state index in [1.165, 1.54) is 34.9 Å². The molecule has 3 aromatic rings. The highest BCUT2D eigenvalue weighted by Gasteiger charge is 2.37. The van der Waals surface area contributed by atoms with E-state index in [4.69, 9.17) is 21.1 Å². The van der Waals surface area contributed by atoms with Crippen LogP contribution >= 0.6 is 22.9 Å². The number of ether oxygens (including phenoxy) is 2. The fourth-order valence-corrected chi connectivity index (χ4v) is 5.07. The highest BCUT2D eigenvalue weighted by Crippen LogP contribution is 2.23. The monoisotopic (exact) mass is 576 g/mol. The molecule has 206 valence electrons. The molecule has 1 aliphatic heterocycles. The van der Waals surface area contributed by atoms with Gasteiger partial charge in [-0.2, -0.15) is 0 Å². The van der Waals surface area contributed by atoms with Crippen molar-refractivity contribution < 1.29 is 28.3 Å². The van der Waals surface area contributed by atoms with Crippen LogP contribution in [0.3, 0.4) is 0 Å². The van der Waals surface area contributed by atoms with Gasteiger partial charge in [0.15, 0.2) is 0 Å². The number of amides is 2. The van der Waals surface area contributed by atoms with Crippen molar-refractivity contribution >= 4 is 46.4 Å². The van der Waals surface area contributed by atoms with Gasteiger partial charge in [-0.3, -0.25) is 23.9 Å². The number of pyridine rings is 1. The number of aromatic nitrogens is 1. The molecule has 0 spiro atoms. The van der Waals surface area contributed by atoms with Crippen molar-refractivity contribution in [3.8, 4) is 5.69 Å². The van der Waals surface area contributed by atoms with Crippen molar-refractivity contribution in [2.45, 2.75) is 19.1 Å². The number of halogens is 2. The van der Waals surface area contributed by atoms with Gasteiger partial charge >= 0.3 is 5.97 Å². The molecule has 0 aliphatic carbocycles. The van der Waals surface area contributed by atoms with Gasteiger partial charge in [-0.15, -0.1) is 16.5 Å². The number of rotatable bonds is 10. The molecule has 1 aliphatic rings. The Morgan fingerprint density at radius 3 is 2.56 bits per heavy atom. The van der Waals surface area contributed by atoms with Crippen LogP contribution in [0.15, 0.2) is 65.6 Å². The van der Waals surface area contributed by atoms with Gasteiger partial charge in [-0.05, 0) is 49.4 Å². The number of anilines is 1.